The van der Waals surface area contributed by atoms with Crippen molar-refractivity contribution < 1.29 is 0 Å². The summed E-state index contributed by atoms with van der Waals surface area (Å²) in [6, 6.07) is 4.73. The van der Waals surface area contributed by atoms with Crippen LogP contribution in [0.2, 0.25) is 0 Å². The summed E-state index contributed by atoms with van der Waals surface area (Å²) in [5, 5.41) is 4.32. The molecular formula is C14H24N2S. The van der Waals surface area contributed by atoms with Crippen molar-refractivity contribution in [1.82, 2.24) is 10.3 Å². The van der Waals surface area contributed by atoms with Crippen LogP contribution in [0.5, 0.6) is 0 Å². The third-order valence-corrected chi connectivity index (χ3v) is 4.35. The van der Waals surface area contributed by atoms with Crippen molar-refractivity contribution in [3.8, 4) is 0 Å². The zero-order chi connectivity index (χ0) is 12.5. The molecule has 0 bridgehead atoms. The molecule has 2 nitrogen and oxygen atoms in total. The Morgan fingerprint density at radius 3 is 2.82 bits per heavy atom. The second kappa shape index (κ2) is 8.54. The summed E-state index contributed by atoms with van der Waals surface area (Å²) >= 11 is 2.06. The van der Waals surface area contributed by atoms with E-state index in [1.807, 2.05) is 18.5 Å². The monoisotopic (exact) mass is 252 g/mol. The standard InChI is InChI=1S/C14H24N2S/c1-4-12(3)17-11-14(16-5-2)9-13-7-6-8-15-10-13/h6-8,10,12,14,16H,4-5,9,11H2,1-3H3. The Bertz CT molecular complexity index is 290. The number of hydrogen-bond donors (Lipinski definition) is 1. The third kappa shape index (κ3) is 6.08. The van der Waals surface area contributed by atoms with Crippen LogP contribution in [0.1, 0.15) is 32.8 Å². The molecule has 0 saturated heterocycles. The molecular weight excluding hydrogens is 228 g/mol. The topological polar surface area (TPSA) is 24.9 Å². The van der Waals surface area contributed by atoms with Gasteiger partial charge in [0.25, 0.3) is 0 Å². The smallest absolute Gasteiger partial charge is 0.0300 e. The van der Waals surface area contributed by atoms with E-state index in [2.05, 4.69) is 48.9 Å². The van der Waals surface area contributed by atoms with Gasteiger partial charge in [0.2, 0.25) is 0 Å². The van der Waals surface area contributed by atoms with Gasteiger partial charge in [-0.3, -0.25) is 4.98 Å². The number of rotatable bonds is 8. The second-order valence-corrected chi connectivity index (χ2v) is 5.84. The number of nitrogens with zero attached hydrogens (tertiary/aromatic N) is 1. The lowest BCUT2D eigenvalue weighted by Crippen LogP contribution is -2.33. The van der Waals surface area contributed by atoms with Gasteiger partial charge in [-0.15, -0.1) is 0 Å². The molecule has 96 valence electrons. The molecule has 0 aromatic carbocycles. The highest BCUT2D eigenvalue weighted by atomic mass is 32.2. The molecule has 1 rings (SSSR count). The van der Waals surface area contributed by atoms with Gasteiger partial charge in [-0.25, -0.2) is 0 Å². The molecule has 1 aromatic rings. The van der Waals surface area contributed by atoms with Crippen LogP contribution >= 0.6 is 11.8 Å². The molecule has 1 heterocycles. The Kier molecular flexibility index (Phi) is 7.29. The maximum Gasteiger partial charge on any atom is 0.0300 e. The molecule has 3 heteroatoms. The minimum Gasteiger partial charge on any atom is -0.313 e. The fraction of sp³-hybridized carbons (Fsp3) is 0.643. The van der Waals surface area contributed by atoms with Crippen LogP contribution in [0.15, 0.2) is 24.5 Å². The summed E-state index contributed by atoms with van der Waals surface area (Å²) in [5.41, 5.74) is 1.32. The first-order valence-corrected chi connectivity index (χ1v) is 7.55. The van der Waals surface area contributed by atoms with Crippen LogP contribution in [-0.4, -0.2) is 28.6 Å². The van der Waals surface area contributed by atoms with E-state index in [1.165, 1.54) is 17.7 Å². The van der Waals surface area contributed by atoms with Gasteiger partial charge in [-0.1, -0.05) is 26.8 Å². The second-order valence-electron chi connectivity index (χ2n) is 4.37. The average molecular weight is 252 g/mol. The van der Waals surface area contributed by atoms with Gasteiger partial charge in [-0.2, -0.15) is 11.8 Å². The minimum absolute atomic E-state index is 0.559. The van der Waals surface area contributed by atoms with E-state index in [-0.39, 0.29) is 0 Å². The van der Waals surface area contributed by atoms with Crippen LogP contribution in [0, 0.1) is 0 Å². The van der Waals surface area contributed by atoms with Crippen molar-refractivity contribution in [2.24, 2.45) is 0 Å². The maximum atomic E-state index is 4.17. The fourth-order valence-corrected chi connectivity index (χ4v) is 2.71. The zero-order valence-electron chi connectivity index (χ0n) is 11.1. The molecule has 2 unspecified atom stereocenters. The molecule has 1 aromatic heterocycles. The van der Waals surface area contributed by atoms with Crippen LogP contribution in [0.25, 0.3) is 0 Å². The van der Waals surface area contributed by atoms with E-state index in [0.717, 1.165) is 18.2 Å². The Hall–Kier alpha value is -0.540. The van der Waals surface area contributed by atoms with Gasteiger partial charge in [0.05, 0.1) is 0 Å². The molecule has 17 heavy (non-hydrogen) atoms. The van der Waals surface area contributed by atoms with Crippen molar-refractivity contribution in [2.75, 3.05) is 12.3 Å². The molecule has 0 amide bonds. The Balaban J connectivity index is 2.43. The molecule has 0 aliphatic heterocycles. The van der Waals surface area contributed by atoms with Crippen LogP contribution in [-0.2, 0) is 6.42 Å². The SMILES string of the molecule is CCNC(CSC(C)CC)Cc1cccnc1. The van der Waals surface area contributed by atoms with Gasteiger partial charge >= 0.3 is 0 Å². The van der Waals surface area contributed by atoms with Crippen molar-refractivity contribution in [3.05, 3.63) is 30.1 Å². The van der Waals surface area contributed by atoms with Gasteiger partial charge < -0.3 is 5.32 Å². The Labute approximate surface area is 110 Å². The van der Waals surface area contributed by atoms with Crippen molar-refractivity contribution >= 4 is 11.8 Å². The highest BCUT2D eigenvalue weighted by Gasteiger charge is 2.10. The lowest BCUT2D eigenvalue weighted by atomic mass is 10.1. The minimum atomic E-state index is 0.559. The van der Waals surface area contributed by atoms with Gasteiger partial charge in [0.15, 0.2) is 0 Å². The molecule has 0 saturated carbocycles. The zero-order valence-corrected chi connectivity index (χ0v) is 12.0. The van der Waals surface area contributed by atoms with Gasteiger partial charge in [0.1, 0.15) is 0 Å². The summed E-state index contributed by atoms with van der Waals surface area (Å²) < 4.78 is 0. The number of likely N-dealkylation sites (N-methyl/N-ethyl adjacent to an activating group) is 1. The normalized spacial score (nSPS) is 14.5. The summed E-state index contributed by atoms with van der Waals surface area (Å²) in [7, 11) is 0. The Morgan fingerprint density at radius 1 is 1.41 bits per heavy atom. The quantitative estimate of drug-likeness (QED) is 0.769. The van der Waals surface area contributed by atoms with E-state index in [4.69, 9.17) is 0 Å². The van der Waals surface area contributed by atoms with Gasteiger partial charge in [-0.05, 0) is 31.0 Å². The Morgan fingerprint density at radius 2 is 2.24 bits per heavy atom. The lowest BCUT2D eigenvalue weighted by molar-refractivity contribution is 0.571. The summed E-state index contributed by atoms with van der Waals surface area (Å²) in [4.78, 5) is 4.17. The van der Waals surface area contributed by atoms with Crippen LogP contribution in [0.4, 0.5) is 0 Å². The van der Waals surface area contributed by atoms with Crippen molar-refractivity contribution in [1.29, 1.82) is 0 Å². The van der Waals surface area contributed by atoms with E-state index in [9.17, 15) is 0 Å². The van der Waals surface area contributed by atoms with Crippen LogP contribution < -0.4 is 5.32 Å². The molecule has 2 atom stereocenters. The molecule has 0 radical (unpaired) electrons. The number of aromatic nitrogens is 1. The predicted octanol–water partition coefficient (Wildman–Crippen LogP) is 3.13. The van der Waals surface area contributed by atoms with E-state index in [0.29, 0.717) is 6.04 Å². The summed E-state index contributed by atoms with van der Waals surface area (Å²) in [5.74, 6) is 1.18. The highest BCUT2D eigenvalue weighted by molar-refractivity contribution is 7.99. The summed E-state index contributed by atoms with van der Waals surface area (Å²) in [6.45, 7) is 7.76. The van der Waals surface area contributed by atoms with Crippen LogP contribution in [0.3, 0.4) is 0 Å². The predicted molar refractivity (Wildman–Crippen MR) is 77.6 cm³/mol. The van der Waals surface area contributed by atoms with Crippen molar-refractivity contribution in [2.45, 2.75) is 44.9 Å². The molecule has 0 aliphatic carbocycles. The molecule has 0 spiro atoms. The fourth-order valence-electron chi connectivity index (χ4n) is 1.68. The molecule has 0 fully saturated rings. The maximum absolute atomic E-state index is 4.17. The first-order valence-electron chi connectivity index (χ1n) is 6.50. The summed E-state index contributed by atoms with van der Waals surface area (Å²) in [6.07, 6.45) is 6.12. The molecule has 1 N–H and O–H groups in total. The van der Waals surface area contributed by atoms with Crippen molar-refractivity contribution in [3.63, 3.8) is 0 Å². The average Bonchev–Trinajstić information content (AvgIpc) is 2.37. The largest absolute Gasteiger partial charge is 0.313 e. The van der Waals surface area contributed by atoms with E-state index in [1.54, 1.807) is 0 Å². The number of hydrogen-bond acceptors (Lipinski definition) is 3. The lowest BCUT2D eigenvalue weighted by Gasteiger charge is -2.19. The number of pyridine rings is 1. The third-order valence-electron chi connectivity index (χ3n) is 2.85. The number of thioether (sulfide) groups is 1. The molecule has 0 aliphatic rings. The van der Waals surface area contributed by atoms with E-state index < -0.39 is 0 Å². The first-order chi connectivity index (χ1) is 8.26. The first kappa shape index (κ1) is 14.5. The highest BCUT2D eigenvalue weighted by Crippen LogP contribution is 2.16. The number of nitrogens with one attached hydrogen (secondary N) is 1. The van der Waals surface area contributed by atoms with Gasteiger partial charge in [0, 0.05) is 29.4 Å². The van der Waals surface area contributed by atoms with E-state index >= 15 is 0 Å².